The van der Waals surface area contributed by atoms with Crippen molar-refractivity contribution in [2.24, 2.45) is 11.3 Å². The van der Waals surface area contributed by atoms with E-state index in [4.69, 9.17) is 22.1 Å². The maximum absolute atomic E-state index is 11.9. The van der Waals surface area contributed by atoms with Crippen molar-refractivity contribution in [3.8, 4) is 0 Å². The van der Waals surface area contributed by atoms with Crippen LogP contribution >= 0.6 is 11.6 Å². The molecule has 0 spiro atoms. The van der Waals surface area contributed by atoms with Crippen LogP contribution in [0.5, 0.6) is 0 Å². The van der Waals surface area contributed by atoms with Crippen molar-refractivity contribution < 1.29 is 9.53 Å². The zero-order chi connectivity index (χ0) is 17.2. The Morgan fingerprint density at radius 2 is 2.13 bits per heavy atom. The van der Waals surface area contributed by atoms with Crippen molar-refractivity contribution >= 4 is 28.9 Å². The maximum Gasteiger partial charge on any atom is 0.339 e. The van der Waals surface area contributed by atoms with Gasteiger partial charge >= 0.3 is 5.97 Å². The number of hydrogen-bond donors (Lipinski definition) is 2. The molecule has 0 aromatic heterocycles. The lowest BCUT2D eigenvalue weighted by Gasteiger charge is -2.39. The summed E-state index contributed by atoms with van der Waals surface area (Å²) in [6.45, 7) is 8.96. The lowest BCUT2D eigenvalue weighted by molar-refractivity contribution is 0.0526. The molecule has 0 aliphatic heterocycles. The normalized spacial score (nSPS) is 23.3. The Morgan fingerprint density at radius 3 is 2.74 bits per heavy atom. The first-order valence-corrected chi connectivity index (χ1v) is 8.62. The van der Waals surface area contributed by atoms with Gasteiger partial charge in [-0.2, -0.15) is 0 Å². The summed E-state index contributed by atoms with van der Waals surface area (Å²) in [5, 5.41) is 3.88. The fourth-order valence-electron chi connectivity index (χ4n) is 3.76. The van der Waals surface area contributed by atoms with Gasteiger partial charge < -0.3 is 15.8 Å². The predicted octanol–water partition coefficient (Wildman–Crippen LogP) is 4.73. The average molecular weight is 339 g/mol. The number of halogens is 1. The SMILES string of the molecule is CCOC(=O)c1cc(N)c(N[C@H]2C[C@@H](C)CC(C)(C)C2)cc1Cl. The Bertz CT molecular complexity index is 587. The smallest absolute Gasteiger partial charge is 0.339 e. The summed E-state index contributed by atoms with van der Waals surface area (Å²) in [5.74, 6) is 0.231. The molecular weight excluding hydrogens is 312 g/mol. The Hall–Kier alpha value is -1.42. The summed E-state index contributed by atoms with van der Waals surface area (Å²) >= 11 is 6.24. The van der Waals surface area contributed by atoms with Gasteiger partial charge in [0.15, 0.2) is 0 Å². The number of anilines is 2. The number of benzene rings is 1. The Balaban J connectivity index is 2.18. The van der Waals surface area contributed by atoms with E-state index in [9.17, 15) is 4.79 Å². The van der Waals surface area contributed by atoms with E-state index >= 15 is 0 Å². The third-order valence-electron chi connectivity index (χ3n) is 4.38. The van der Waals surface area contributed by atoms with Crippen LogP contribution in [0.15, 0.2) is 12.1 Å². The number of hydrogen-bond acceptors (Lipinski definition) is 4. The highest BCUT2D eigenvalue weighted by Crippen LogP contribution is 2.40. The highest BCUT2D eigenvalue weighted by atomic mass is 35.5. The third-order valence-corrected chi connectivity index (χ3v) is 4.69. The molecule has 1 aromatic rings. The summed E-state index contributed by atoms with van der Waals surface area (Å²) < 4.78 is 5.00. The molecule has 2 atom stereocenters. The average Bonchev–Trinajstić information content (AvgIpc) is 2.40. The molecule has 0 radical (unpaired) electrons. The molecule has 0 unspecified atom stereocenters. The highest BCUT2D eigenvalue weighted by molar-refractivity contribution is 6.34. The van der Waals surface area contributed by atoms with E-state index in [-0.39, 0.29) is 0 Å². The van der Waals surface area contributed by atoms with Crippen LogP contribution in [0.25, 0.3) is 0 Å². The molecule has 1 aliphatic rings. The van der Waals surface area contributed by atoms with Crippen molar-refractivity contribution in [2.45, 2.75) is 53.0 Å². The van der Waals surface area contributed by atoms with E-state index < -0.39 is 5.97 Å². The van der Waals surface area contributed by atoms with E-state index in [0.29, 0.717) is 40.3 Å². The molecule has 23 heavy (non-hydrogen) atoms. The Labute approximate surface area is 143 Å². The van der Waals surface area contributed by atoms with Crippen molar-refractivity contribution in [3.63, 3.8) is 0 Å². The second kappa shape index (κ2) is 7.00. The van der Waals surface area contributed by atoms with Crippen LogP contribution in [-0.4, -0.2) is 18.6 Å². The molecule has 0 saturated heterocycles. The maximum atomic E-state index is 11.9. The van der Waals surface area contributed by atoms with Crippen molar-refractivity contribution in [1.29, 1.82) is 0 Å². The number of nitrogens with one attached hydrogen (secondary N) is 1. The number of nitrogens with two attached hydrogens (primary N) is 1. The molecule has 1 aromatic carbocycles. The molecule has 0 bridgehead atoms. The molecule has 0 heterocycles. The first kappa shape index (κ1) is 17.9. The van der Waals surface area contributed by atoms with Gasteiger partial charge in [0.05, 0.1) is 28.6 Å². The minimum absolute atomic E-state index is 0.310. The van der Waals surface area contributed by atoms with Gasteiger partial charge in [0.25, 0.3) is 0 Å². The molecule has 1 fully saturated rings. The van der Waals surface area contributed by atoms with Crippen LogP contribution in [0.4, 0.5) is 11.4 Å². The highest BCUT2D eigenvalue weighted by Gasteiger charge is 2.32. The fourth-order valence-corrected chi connectivity index (χ4v) is 4.00. The van der Waals surface area contributed by atoms with Gasteiger partial charge in [-0.05, 0) is 49.7 Å². The topological polar surface area (TPSA) is 64.3 Å². The first-order valence-electron chi connectivity index (χ1n) is 8.24. The molecule has 2 rings (SSSR count). The zero-order valence-corrected chi connectivity index (χ0v) is 15.2. The molecule has 4 nitrogen and oxygen atoms in total. The molecule has 1 saturated carbocycles. The second-order valence-electron chi connectivity index (χ2n) is 7.39. The number of nitrogen functional groups attached to an aromatic ring is 1. The molecule has 1 aliphatic carbocycles. The van der Waals surface area contributed by atoms with E-state index in [1.165, 1.54) is 6.42 Å². The van der Waals surface area contributed by atoms with Crippen molar-refractivity contribution in [3.05, 3.63) is 22.7 Å². The zero-order valence-electron chi connectivity index (χ0n) is 14.4. The predicted molar refractivity (Wildman–Crippen MR) is 96.0 cm³/mol. The van der Waals surface area contributed by atoms with Crippen LogP contribution in [0.3, 0.4) is 0 Å². The van der Waals surface area contributed by atoms with E-state index in [0.717, 1.165) is 18.5 Å². The summed E-state index contributed by atoms with van der Waals surface area (Å²) in [6, 6.07) is 3.69. The number of carbonyl (C=O) groups is 1. The summed E-state index contributed by atoms with van der Waals surface area (Å²) in [7, 11) is 0. The molecular formula is C18H27ClN2O2. The third kappa shape index (κ3) is 4.54. The summed E-state index contributed by atoms with van der Waals surface area (Å²) in [6.07, 6.45) is 3.44. The quantitative estimate of drug-likeness (QED) is 0.615. The fraction of sp³-hybridized carbons (Fsp3) is 0.611. The van der Waals surface area contributed by atoms with E-state index in [1.54, 1.807) is 19.1 Å². The molecule has 5 heteroatoms. The molecule has 3 N–H and O–H groups in total. The van der Waals surface area contributed by atoms with Gasteiger partial charge in [0.2, 0.25) is 0 Å². The van der Waals surface area contributed by atoms with Crippen LogP contribution in [0, 0.1) is 11.3 Å². The van der Waals surface area contributed by atoms with Crippen molar-refractivity contribution in [1.82, 2.24) is 0 Å². The Morgan fingerprint density at radius 1 is 1.43 bits per heavy atom. The standard InChI is InChI=1S/C18H27ClN2O2/c1-5-23-17(22)13-7-15(20)16(8-14(13)19)21-12-6-11(2)9-18(3,4)10-12/h7-8,11-12,21H,5-6,9-10,20H2,1-4H3/t11-,12+/m1/s1. The van der Waals surface area contributed by atoms with Crippen LogP contribution in [0.2, 0.25) is 5.02 Å². The van der Waals surface area contributed by atoms with E-state index in [1.807, 2.05) is 0 Å². The van der Waals surface area contributed by atoms with Gasteiger partial charge in [0.1, 0.15) is 0 Å². The molecule has 128 valence electrons. The lowest BCUT2D eigenvalue weighted by atomic mass is 9.70. The number of carbonyl (C=O) groups excluding carboxylic acids is 1. The largest absolute Gasteiger partial charge is 0.462 e. The van der Waals surface area contributed by atoms with Gasteiger partial charge in [-0.25, -0.2) is 4.79 Å². The first-order chi connectivity index (χ1) is 10.7. The summed E-state index contributed by atoms with van der Waals surface area (Å²) in [5.41, 5.74) is 8.06. The minimum Gasteiger partial charge on any atom is -0.462 e. The number of ether oxygens (including phenoxy) is 1. The van der Waals surface area contributed by atoms with Gasteiger partial charge in [-0.1, -0.05) is 32.4 Å². The van der Waals surface area contributed by atoms with Crippen LogP contribution < -0.4 is 11.1 Å². The number of rotatable bonds is 4. The number of esters is 1. The van der Waals surface area contributed by atoms with Gasteiger partial charge in [-0.3, -0.25) is 0 Å². The minimum atomic E-state index is -0.442. The molecule has 0 amide bonds. The Kier molecular flexibility index (Phi) is 5.45. The summed E-state index contributed by atoms with van der Waals surface area (Å²) in [4.78, 5) is 11.9. The monoisotopic (exact) mass is 338 g/mol. The lowest BCUT2D eigenvalue weighted by Crippen LogP contribution is -2.35. The van der Waals surface area contributed by atoms with E-state index in [2.05, 4.69) is 26.1 Å². The second-order valence-corrected chi connectivity index (χ2v) is 7.80. The van der Waals surface area contributed by atoms with Gasteiger partial charge in [-0.15, -0.1) is 0 Å². The van der Waals surface area contributed by atoms with Gasteiger partial charge in [0, 0.05) is 6.04 Å². The van der Waals surface area contributed by atoms with Crippen LogP contribution in [0.1, 0.15) is 57.3 Å². The van der Waals surface area contributed by atoms with Crippen molar-refractivity contribution in [2.75, 3.05) is 17.7 Å². The van der Waals surface area contributed by atoms with Crippen LogP contribution in [-0.2, 0) is 4.74 Å².